The molecule has 26 heavy (non-hydrogen) atoms. The summed E-state index contributed by atoms with van der Waals surface area (Å²) in [6, 6.07) is 21.9. The fourth-order valence-electron chi connectivity index (χ4n) is 3.01. The highest BCUT2D eigenvalue weighted by atomic mass is 32.1. The molecule has 0 bridgehead atoms. The lowest BCUT2D eigenvalue weighted by atomic mass is 10.1. The van der Waals surface area contributed by atoms with E-state index in [4.69, 9.17) is 0 Å². The van der Waals surface area contributed by atoms with Crippen molar-refractivity contribution in [3.05, 3.63) is 88.4 Å². The van der Waals surface area contributed by atoms with E-state index >= 15 is 0 Å². The second-order valence-corrected chi connectivity index (χ2v) is 7.11. The van der Waals surface area contributed by atoms with Gasteiger partial charge in [-0.3, -0.25) is 4.79 Å². The summed E-state index contributed by atoms with van der Waals surface area (Å²) in [7, 11) is 0. The molecule has 0 saturated heterocycles. The third kappa shape index (κ3) is 3.68. The van der Waals surface area contributed by atoms with Crippen molar-refractivity contribution in [2.75, 3.05) is 0 Å². The van der Waals surface area contributed by atoms with Crippen LogP contribution in [0.1, 0.15) is 28.7 Å². The Morgan fingerprint density at radius 2 is 1.85 bits per heavy atom. The smallest absolute Gasteiger partial charge is 0.221 e. The molecule has 2 heterocycles. The van der Waals surface area contributed by atoms with Gasteiger partial charge in [0.25, 0.3) is 0 Å². The third-order valence-electron chi connectivity index (χ3n) is 4.29. The van der Waals surface area contributed by atoms with Crippen LogP contribution in [0, 0.1) is 0 Å². The Bertz CT molecular complexity index is 959. The Morgan fingerprint density at radius 1 is 1.04 bits per heavy atom. The molecule has 4 aromatic rings. The molecule has 0 aliphatic heterocycles. The summed E-state index contributed by atoms with van der Waals surface area (Å²) in [6.45, 7) is 0. The van der Waals surface area contributed by atoms with Crippen molar-refractivity contribution in [2.24, 2.45) is 0 Å². The second kappa shape index (κ2) is 7.54. The number of amides is 1. The zero-order valence-electron chi connectivity index (χ0n) is 14.2. The number of nitrogens with one attached hydrogen (secondary N) is 2. The predicted octanol–water partition coefficient (Wildman–Crippen LogP) is 4.46. The normalized spacial score (nSPS) is 12.2. The maximum atomic E-state index is 12.6. The average Bonchev–Trinajstić information content (AvgIpc) is 3.34. The van der Waals surface area contributed by atoms with Crippen LogP contribution in [-0.2, 0) is 11.2 Å². The monoisotopic (exact) mass is 361 g/mol. The molecule has 2 aromatic heterocycles. The molecule has 4 rings (SSSR count). The highest BCUT2D eigenvalue weighted by molar-refractivity contribution is 7.10. The summed E-state index contributed by atoms with van der Waals surface area (Å²) < 4.78 is 0. The van der Waals surface area contributed by atoms with Gasteiger partial charge >= 0.3 is 0 Å². The molecule has 2 aromatic carbocycles. The van der Waals surface area contributed by atoms with Gasteiger partial charge in [-0.05, 0) is 29.1 Å². The first-order valence-corrected chi connectivity index (χ1v) is 9.49. The minimum Gasteiger partial charge on any atom is -0.344 e. The van der Waals surface area contributed by atoms with Crippen molar-refractivity contribution < 1.29 is 4.79 Å². The molecule has 1 amide bonds. The minimum atomic E-state index is -0.112. The molecule has 4 nitrogen and oxygen atoms in total. The van der Waals surface area contributed by atoms with E-state index in [1.165, 1.54) is 0 Å². The van der Waals surface area contributed by atoms with Gasteiger partial charge < -0.3 is 10.3 Å². The van der Waals surface area contributed by atoms with E-state index in [2.05, 4.69) is 21.4 Å². The summed E-state index contributed by atoms with van der Waals surface area (Å²) in [5, 5.41) is 5.20. The van der Waals surface area contributed by atoms with Gasteiger partial charge in [-0.2, -0.15) is 0 Å². The first-order chi connectivity index (χ1) is 12.8. The van der Waals surface area contributed by atoms with Crippen LogP contribution in [0.25, 0.3) is 11.0 Å². The topological polar surface area (TPSA) is 57.8 Å². The van der Waals surface area contributed by atoms with Gasteiger partial charge in [0, 0.05) is 17.7 Å². The highest BCUT2D eigenvalue weighted by Gasteiger charge is 2.17. The van der Waals surface area contributed by atoms with Gasteiger partial charge in [0.1, 0.15) is 5.82 Å². The number of aryl methyl sites for hydroxylation is 1. The number of aromatic nitrogens is 2. The number of hydrogen-bond donors (Lipinski definition) is 2. The maximum Gasteiger partial charge on any atom is 0.221 e. The quantitative estimate of drug-likeness (QED) is 0.533. The van der Waals surface area contributed by atoms with E-state index in [9.17, 15) is 4.79 Å². The number of rotatable bonds is 6. The molecular weight excluding hydrogens is 342 g/mol. The number of H-pyrrole nitrogens is 1. The zero-order valence-corrected chi connectivity index (χ0v) is 15.0. The maximum absolute atomic E-state index is 12.6. The van der Waals surface area contributed by atoms with Crippen LogP contribution in [0.3, 0.4) is 0 Å². The molecule has 2 N–H and O–H groups in total. The second-order valence-electron chi connectivity index (χ2n) is 6.13. The molecule has 0 saturated carbocycles. The van der Waals surface area contributed by atoms with Gasteiger partial charge in [-0.25, -0.2) is 4.98 Å². The van der Waals surface area contributed by atoms with Gasteiger partial charge in [-0.1, -0.05) is 48.5 Å². The van der Waals surface area contributed by atoms with Crippen LogP contribution in [0.15, 0.2) is 72.1 Å². The molecule has 1 unspecified atom stereocenters. The fraction of sp³-hybridized carbons (Fsp3) is 0.143. The fourth-order valence-corrected chi connectivity index (χ4v) is 3.81. The lowest BCUT2D eigenvalue weighted by Gasteiger charge is -2.18. The molecule has 0 fully saturated rings. The summed E-state index contributed by atoms with van der Waals surface area (Å²) in [6.07, 6.45) is 0.987. The molecule has 5 heteroatoms. The largest absolute Gasteiger partial charge is 0.344 e. The van der Waals surface area contributed by atoms with Crippen LogP contribution < -0.4 is 5.32 Å². The number of aromatic amines is 1. The molecule has 0 radical (unpaired) electrons. The average molecular weight is 361 g/mol. The Kier molecular flexibility index (Phi) is 4.80. The lowest BCUT2D eigenvalue weighted by molar-refractivity contribution is -0.121. The van der Waals surface area contributed by atoms with Gasteiger partial charge in [0.05, 0.1) is 17.1 Å². The summed E-state index contributed by atoms with van der Waals surface area (Å²) >= 11 is 1.65. The number of carbonyl (C=O) groups is 1. The van der Waals surface area contributed by atoms with E-state index in [0.29, 0.717) is 12.8 Å². The van der Waals surface area contributed by atoms with Crippen LogP contribution in [0.2, 0.25) is 0 Å². The van der Waals surface area contributed by atoms with Gasteiger partial charge in [0.2, 0.25) is 5.91 Å². The number of fused-ring (bicyclic) bond motifs is 1. The first-order valence-electron chi connectivity index (χ1n) is 8.61. The van der Waals surface area contributed by atoms with Crippen molar-refractivity contribution in [2.45, 2.75) is 18.9 Å². The number of thiophene rings is 1. The van der Waals surface area contributed by atoms with E-state index in [0.717, 1.165) is 27.3 Å². The minimum absolute atomic E-state index is 0.0210. The van der Waals surface area contributed by atoms with Crippen LogP contribution in [0.4, 0.5) is 0 Å². The van der Waals surface area contributed by atoms with Crippen LogP contribution in [-0.4, -0.2) is 15.9 Å². The van der Waals surface area contributed by atoms with Gasteiger partial charge in [-0.15, -0.1) is 11.3 Å². The number of nitrogens with zero attached hydrogens (tertiary/aromatic N) is 1. The van der Waals surface area contributed by atoms with Crippen molar-refractivity contribution in [3.63, 3.8) is 0 Å². The van der Waals surface area contributed by atoms with Crippen molar-refractivity contribution in [1.82, 2.24) is 15.3 Å². The standard InChI is InChI=1S/C21H19N3OS/c25-20(13-12-19-22-16-9-4-5-10-17(16)23-19)24-21(18-11-6-14-26-18)15-7-2-1-3-8-15/h1-11,14,21H,12-13H2,(H,22,23)(H,24,25). The number of imidazole rings is 1. The van der Waals surface area contributed by atoms with Crippen molar-refractivity contribution in [1.29, 1.82) is 0 Å². The first kappa shape index (κ1) is 16.5. The number of para-hydroxylation sites is 2. The summed E-state index contributed by atoms with van der Waals surface area (Å²) in [4.78, 5) is 21.5. The van der Waals surface area contributed by atoms with Crippen molar-refractivity contribution >= 4 is 28.3 Å². The number of benzene rings is 2. The molecule has 0 aliphatic rings. The molecule has 0 aliphatic carbocycles. The highest BCUT2D eigenvalue weighted by Crippen LogP contribution is 2.26. The Balaban J connectivity index is 1.45. The van der Waals surface area contributed by atoms with Gasteiger partial charge in [0.15, 0.2) is 0 Å². The van der Waals surface area contributed by atoms with E-state index in [1.807, 2.05) is 66.0 Å². The molecular formula is C21H19N3OS. The SMILES string of the molecule is O=C(CCc1nc2ccccc2[nH]1)NC(c1ccccc1)c1cccs1. The van der Waals surface area contributed by atoms with Crippen LogP contribution >= 0.6 is 11.3 Å². The van der Waals surface area contributed by atoms with Crippen molar-refractivity contribution in [3.8, 4) is 0 Å². The predicted molar refractivity (Wildman–Crippen MR) is 105 cm³/mol. The summed E-state index contributed by atoms with van der Waals surface area (Å²) in [5.41, 5.74) is 3.03. The summed E-state index contributed by atoms with van der Waals surface area (Å²) in [5.74, 6) is 0.862. The van der Waals surface area contributed by atoms with E-state index < -0.39 is 0 Å². The number of hydrogen-bond acceptors (Lipinski definition) is 3. The van der Waals surface area contributed by atoms with Crippen LogP contribution in [0.5, 0.6) is 0 Å². The van der Waals surface area contributed by atoms with E-state index in [1.54, 1.807) is 11.3 Å². The Labute approximate surface area is 155 Å². The Morgan fingerprint density at radius 3 is 2.62 bits per heavy atom. The zero-order chi connectivity index (χ0) is 17.8. The molecule has 1 atom stereocenters. The molecule has 0 spiro atoms. The third-order valence-corrected chi connectivity index (χ3v) is 5.23. The Hall–Kier alpha value is -2.92. The number of carbonyl (C=O) groups excluding carboxylic acids is 1. The molecule has 130 valence electrons. The lowest BCUT2D eigenvalue weighted by Crippen LogP contribution is -2.29. The van der Waals surface area contributed by atoms with E-state index in [-0.39, 0.29) is 11.9 Å².